The van der Waals surface area contributed by atoms with Crippen molar-refractivity contribution in [3.05, 3.63) is 70.8 Å². The molecule has 3 aromatic rings. The Hall–Kier alpha value is -2.52. The molecular formula is C17H15BrN4O3S. The minimum Gasteiger partial charge on any atom is -0.347 e. The molecule has 134 valence electrons. The van der Waals surface area contributed by atoms with Gasteiger partial charge in [0.25, 0.3) is 5.91 Å². The maximum Gasteiger partial charge on any atom is 0.270 e. The number of halogens is 1. The van der Waals surface area contributed by atoms with Crippen LogP contribution in [0.4, 0.5) is 0 Å². The average molecular weight is 435 g/mol. The summed E-state index contributed by atoms with van der Waals surface area (Å²) in [6.07, 6.45) is 4.49. The molecule has 7 nitrogen and oxygen atoms in total. The van der Waals surface area contributed by atoms with Crippen molar-refractivity contribution in [2.45, 2.75) is 11.4 Å². The summed E-state index contributed by atoms with van der Waals surface area (Å²) < 4.78 is 25.3. The number of sulfone groups is 1. The fourth-order valence-electron chi connectivity index (χ4n) is 2.25. The number of nitrogens with zero attached hydrogens (tertiary/aromatic N) is 3. The van der Waals surface area contributed by atoms with Crippen LogP contribution in [0.3, 0.4) is 0 Å². The summed E-state index contributed by atoms with van der Waals surface area (Å²) in [4.78, 5) is 21.0. The first-order valence-corrected chi connectivity index (χ1v) is 10.3. The van der Waals surface area contributed by atoms with Crippen molar-refractivity contribution < 1.29 is 13.2 Å². The third-order valence-electron chi connectivity index (χ3n) is 3.59. The monoisotopic (exact) mass is 434 g/mol. The van der Waals surface area contributed by atoms with Gasteiger partial charge in [-0.15, -0.1) is 0 Å². The van der Waals surface area contributed by atoms with E-state index >= 15 is 0 Å². The zero-order valence-corrected chi connectivity index (χ0v) is 16.2. The van der Waals surface area contributed by atoms with E-state index in [4.69, 9.17) is 0 Å². The maximum atomic E-state index is 12.3. The fraction of sp³-hybridized carbons (Fsp3) is 0.118. The van der Waals surface area contributed by atoms with Crippen molar-refractivity contribution in [1.82, 2.24) is 19.9 Å². The molecule has 0 unspecified atom stereocenters. The van der Waals surface area contributed by atoms with E-state index in [0.29, 0.717) is 10.4 Å². The fourth-order valence-corrected chi connectivity index (χ4v) is 3.19. The van der Waals surface area contributed by atoms with Crippen molar-refractivity contribution in [3.63, 3.8) is 0 Å². The summed E-state index contributed by atoms with van der Waals surface area (Å²) in [5, 5.41) is 2.77. The van der Waals surface area contributed by atoms with E-state index in [1.54, 1.807) is 47.4 Å². The Balaban J connectivity index is 1.69. The van der Waals surface area contributed by atoms with Crippen molar-refractivity contribution in [1.29, 1.82) is 0 Å². The average Bonchev–Trinajstić information content (AvgIpc) is 3.06. The minimum atomic E-state index is -3.23. The van der Waals surface area contributed by atoms with Gasteiger partial charge in [0.05, 0.1) is 4.90 Å². The Kier molecular flexibility index (Phi) is 5.19. The smallest absolute Gasteiger partial charge is 0.270 e. The summed E-state index contributed by atoms with van der Waals surface area (Å²) in [6, 6.07) is 11.5. The topological polar surface area (TPSA) is 94.0 Å². The van der Waals surface area contributed by atoms with Crippen LogP contribution in [0.2, 0.25) is 0 Å². The molecule has 0 aliphatic carbocycles. The molecule has 9 heteroatoms. The number of amides is 1. The highest BCUT2D eigenvalue weighted by atomic mass is 79.9. The lowest BCUT2D eigenvalue weighted by Gasteiger charge is -2.07. The summed E-state index contributed by atoms with van der Waals surface area (Å²) in [6.45, 7) is 0.269. The Bertz CT molecular complexity index is 1050. The molecule has 0 aliphatic rings. The van der Waals surface area contributed by atoms with Crippen LogP contribution in [-0.2, 0) is 16.4 Å². The molecule has 2 heterocycles. The van der Waals surface area contributed by atoms with E-state index in [2.05, 4.69) is 31.2 Å². The summed E-state index contributed by atoms with van der Waals surface area (Å²) in [7, 11) is -3.23. The highest BCUT2D eigenvalue weighted by Crippen LogP contribution is 2.12. The van der Waals surface area contributed by atoms with Crippen LogP contribution in [0, 0.1) is 0 Å². The maximum absolute atomic E-state index is 12.3. The van der Waals surface area contributed by atoms with E-state index in [0.717, 1.165) is 11.8 Å². The van der Waals surface area contributed by atoms with Crippen LogP contribution < -0.4 is 5.32 Å². The molecule has 0 atom stereocenters. The zero-order valence-electron chi connectivity index (χ0n) is 13.8. The number of imidazole rings is 1. The van der Waals surface area contributed by atoms with E-state index in [-0.39, 0.29) is 23.0 Å². The van der Waals surface area contributed by atoms with E-state index in [1.165, 1.54) is 12.1 Å². The first-order chi connectivity index (χ1) is 12.3. The zero-order chi connectivity index (χ0) is 18.7. The molecule has 0 radical (unpaired) electrons. The second kappa shape index (κ2) is 7.38. The molecule has 1 amide bonds. The number of benzene rings is 1. The number of pyridine rings is 1. The van der Waals surface area contributed by atoms with Crippen LogP contribution in [-0.4, -0.2) is 35.1 Å². The minimum absolute atomic E-state index is 0.244. The van der Waals surface area contributed by atoms with Crippen LogP contribution >= 0.6 is 15.9 Å². The lowest BCUT2D eigenvalue weighted by atomic mass is 10.2. The molecule has 0 bridgehead atoms. The van der Waals surface area contributed by atoms with Crippen molar-refractivity contribution in [3.8, 4) is 5.82 Å². The van der Waals surface area contributed by atoms with Crippen molar-refractivity contribution >= 4 is 31.7 Å². The standard InChI is InChI=1S/C17H15BrN4O3S/c1-26(24,25)13-7-5-12(6-8-13)9-19-17(23)14-3-2-4-16(21-14)22-10-15(18)20-11-22/h2-8,10-11H,9H2,1H3,(H,19,23). The second-order valence-electron chi connectivity index (χ2n) is 5.58. The summed E-state index contributed by atoms with van der Waals surface area (Å²) in [5.74, 6) is 0.256. The van der Waals surface area contributed by atoms with Gasteiger partial charge < -0.3 is 5.32 Å². The number of aromatic nitrogens is 3. The Morgan fingerprint density at radius 1 is 1.19 bits per heavy atom. The summed E-state index contributed by atoms with van der Waals surface area (Å²) >= 11 is 3.27. The highest BCUT2D eigenvalue weighted by Gasteiger charge is 2.10. The molecule has 26 heavy (non-hydrogen) atoms. The number of hydrogen-bond acceptors (Lipinski definition) is 5. The van der Waals surface area contributed by atoms with Gasteiger partial charge in [0.15, 0.2) is 9.84 Å². The number of nitrogens with one attached hydrogen (secondary N) is 1. The molecular weight excluding hydrogens is 420 g/mol. The third-order valence-corrected chi connectivity index (χ3v) is 5.13. The molecule has 1 N–H and O–H groups in total. The molecule has 2 aromatic heterocycles. The number of carbonyl (C=O) groups is 1. The predicted octanol–water partition coefficient (Wildman–Crippen LogP) is 2.36. The first kappa shape index (κ1) is 18.3. The van der Waals surface area contributed by atoms with Gasteiger partial charge in [-0.3, -0.25) is 9.36 Å². The molecule has 0 spiro atoms. The first-order valence-electron chi connectivity index (χ1n) is 7.57. The van der Waals surface area contributed by atoms with Crippen molar-refractivity contribution in [2.75, 3.05) is 6.26 Å². The third kappa shape index (κ3) is 4.36. The molecule has 0 saturated heterocycles. The van der Waals surface area contributed by atoms with E-state index in [9.17, 15) is 13.2 Å². The molecule has 0 fully saturated rings. The molecule has 0 aliphatic heterocycles. The van der Waals surface area contributed by atoms with Crippen LogP contribution in [0.15, 0.2) is 64.5 Å². The SMILES string of the molecule is CS(=O)(=O)c1ccc(CNC(=O)c2cccc(-n3cnc(Br)c3)n2)cc1. The van der Waals surface area contributed by atoms with Gasteiger partial charge in [-0.1, -0.05) is 18.2 Å². The Morgan fingerprint density at radius 3 is 2.54 bits per heavy atom. The molecule has 3 rings (SSSR count). The quantitative estimate of drug-likeness (QED) is 0.664. The van der Waals surface area contributed by atoms with Gasteiger partial charge in [0.2, 0.25) is 0 Å². The number of carbonyl (C=O) groups excluding carboxylic acids is 1. The van der Waals surface area contributed by atoms with Gasteiger partial charge in [-0.05, 0) is 45.8 Å². The molecule has 1 aromatic carbocycles. The predicted molar refractivity (Wildman–Crippen MR) is 99.8 cm³/mol. The lowest BCUT2D eigenvalue weighted by molar-refractivity contribution is 0.0946. The summed E-state index contributed by atoms with van der Waals surface area (Å²) in [5.41, 5.74) is 1.07. The van der Waals surface area contributed by atoms with Crippen LogP contribution in [0.1, 0.15) is 16.1 Å². The lowest BCUT2D eigenvalue weighted by Crippen LogP contribution is -2.24. The van der Waals surface area contributed by atoms with Crippen LogP contribution in [0.5, 0.6) is 0 Å². The number of rotatable bonds is 5. The van der Waals surface area contributed by atoms with E-state index < -0.39 is 9.84 Å². The van der Waals surface area contributed by atoms with Gasteiger partial charge in [0.1, 0.15) is 22.4 Å². The Labute approximate surface area is 159 Å². The highest BCUT2D eigenvalue weighted by molar-refractivity contribution is 9.10. The number of hydrogen-bond donors (Lipinski definition) is 1. The van der Waals surface area contributed by atoms with Gasteiger partial charge in [-0.25, -0.2) is 18.4 Å². The molecule has 0 saturated carbocycles. The van der Waals surface area contributed by atoms with Crippen LogP contribution in [0.25, 0.3) is 5.82 Å². The normalized spacial score (nSPS) is 11.3. The van der Waals surface area contributed by atoms with Gasteiger partial charge in [-0.2, -0.15) is 0 Å². The Morgan fingerprint density at radius 2 is 1.92 bits per heavy atom. The second-order valence-corrected chi connectivity index (χ2v) is 8.41. The largest absolute Gasteiger partial charge is 0.347 e. The van der Waals surface area contributed by atoms with Gasteiger partial charge >= 0.3 is 0 Å². The van der Waals surface area contributed by atoms with Gasteiger partial charge in [0, 0.05) is 19.0 Å². The van der Waals surface area contributed by atoms with E-state index in [1.807, 2.05) is 0 Å². The van der Waals surface area contributed by atoms with Crippen molar-refractivity contribution in [2.24, 2.45) is 0 Å².